The van der Waals surface area contributed by atoms with Crippen LogP contribution >= 0.6 is 0 Å². The SMILES string of the molecule is COc1ccccc1-n1cc(C(=O)NC2CCCc3c2c(C)nn3C)cn1. The molecule has 1 N–H and O–H groups in total. The van der Waals surface area contributed by atoms with Crippen LogP contribution in [0.2, 0.25) is 0 Å². The molecule has 0 aliphatic heterocycles. The molecule has 7 heteroatoms. The number of nitrogens with one attached hydrogen (secondary N) is 1. The van der Waals surface area contributed by atoms with Crippen LogP contribution in [0.3, 0.4) is 0 Å². The summed E-state index contributed by atoms with van der Waals surface area (Å²) in [5.41, 5.74) is 4.68. The molecule has 0 fully saturated rings. The normalized spacial score (nSPS) is 16.0. The number of methoxy groups -OCH3 is 1. The highest BCUT2D eigenvalue weighted by atomic mass is 16.5. The van der Waals surface area contributed by atoms with E-state index in [2.05, 4.69) is 15.5 Å². The van der Waals surface area contributed by atoms with Gasteiger partial charge in [0.1, 0.15) is 11.4 Å². The summed E-state index contributed by atoms with van der Waals surface area (Å²) in [5, 5.41) is 12.0. The van der Waals surface area contributed by atoms with E-state index in [1.807, 2.05) is 42.9 Å². The Kier molecular flexibility index (Phi) is 4.43. The van der Waals surface area contributed by atoms with Crippen LogP contribution in [0, 0.1) is 6.92 Å². The zero-order valence-corrected chi connectivity index (χ0v) is 15.8. The highest BCUT2D eigenvalue weighted by molar-refractivity contribution is 5.94. The first-order chi connectivity index (χ1) is 13.1. The first kappa shape index (κ1) is 17.3. The average Bonchev–Trinajstić information content (AvgIpc) is 3.28. The summed E-state index contributed by atoms with van der Waals surface area (Å²) >= 11 is 0. The van der Waals surface area contributed by atoms with Gasteiger partial charge in [-0.3, -0.25) is 9.48 Å². The molecule has 1 atom stereocenters. The van der Waals surface area contributed by atoms with Crippen LogP contribution in [0.25, 0.3) is 5.69 Å². The maximum Gasteiger partial charge on any atom is 0.254 e. The Hall–Kier alpha value is -3.09. The molecule has 4 rings (SSSR count). The van der Waals surface area contributed by atoms with Gasteiger partial charge in [0, 0.05) is 24.5 Å². The number of amides is 1. The molecular formula is C20H23N5O2. The van der Waals surface area contributed by atoms with E-state index >= 15 is 0 Å². The Bertz CT molecular complexity index is 988. The second-order valence-electron chi connectivity index (χ2n) is 6.83. The largest absolute Gasteiger partial charge is 0.494 e. The summed E-state index contributed by atoms with van der Waals surface area (Å²) < 4.78 is 8.97. The van der Waals surface area contributed by atoms with E-state index in [0.717, 1.165) is 36.2 Å². The van der Waals surface area contributed by atoms with Crippen LogP contribution in [0.5, 0.6) is 5.75 Å². The van der Waals surface area contributed by atoms with Crippen LogP contribution in [-0.4, -0.2) is 32.6 Å². The number of carbonyl (C=O) groups is 1. The van der Waals surface area contributed by atoms with Crippen molar-refractivity contribution in [2.45, 2.75) is 32.2 Å². The number of aromatic nitrogens is 4. The quantitative estimate of drug-likeness (QED) is 0.771. The number of carbonyl (C=O) groups excluding carboxylic acids is 1. The molecule has 0 bridgehead atoms. The van der Waals surface area contributed by atoms with Gasteiger partial charge < -0.3 is 10.1 Å². The van der Waals surface area contributed by atoms with Crippen molar-refractivity contribution < 1.29 is 9.53 Å². The van der Waals surface area contributed by atoms with Crippen molar-refractivity contribution in [3.63, 3.8) is 0 Å². The van der Waals surface area contributed by atoms with Crippen LogP contribution in [-0.2, 0) is 13.5 Å². The number of aryl methyl sites for hydroxylation is 2. The standard InChI is InChI=1S/C20H23N5O2/c1-13-19-15(7-6-9-17(19)24(2)23-13)22-20(26)14-11-21-25(12-14)16-8-4-5-10-18(16)27-3/h4-5,8,10-12,15H,6-7,9H2,1-3H3,(H,22,26). The zero-order valence-electron chi connectivity index (χ0n) is 15.8. The maximum atomic E-state index is 12.8. The first-order valence-corrected chi connectivity index (χ1v) is 9.09. The van der Waals surface area contributed by atoms with Crippen LogP contribution in [0.15, 0.2) is 36.7 Å². The van der Waals surface area contributed by atoms with Crippen molar-refractivity contribution in [1.29, 1.82) is 0 Å². The molecule has 0 spiro atoms. The lowest BCUT2D eigenvalue weighted by Crippen LogP contribution is -2.31. The molecule has 140 valence electrons. The molecule has 0 saturated carbocycles. The second kappa shape index (κ2) is 6.90. The Balaban J connectivity index is 1.57. The predicted molar refractivity (Wildman–Crippen MR) is 101 cm³/mol. The molecule has 1 aromatic carbocycles. The number of rotatable bonds is 4. The summed E-state index contributed by atoms with van der Waals surface area (Å²) in [6.07, 6.45) is 6.28. The molecule has 1 aliphatic carbocycles. The number of nitrogens with zero attached hydrogens (tertiary/aromatic N) is 4. The fraction of sp³-hybridized carbons (Fsp3) is 0.350. The molecule has 3 aromatic rings. The smallest absolute Gasteiger partial charge is 0.254 e. The number of benzene rings is 1. The molecule has 1 amide bonds. The van der Waals surface area contributed by atoms with E-state index in [-0.39, 0.29) is 11.9 Å². The molecule has 0 radical (unpaired) electrons. The third-order valence-electron chi connectivity index (χ3n) is 5.13. The van der Waals surface area contributed by atoms with E-state index in [1.165, 1.54) is 5.69 Å². The summed E-state index contributed by atoms with van der Waals surface area (Å²) in [6.45, 7) is 2.00. The van der Waals surface area contributed by atoms with Crippen molar-refractivity contribution in [3.05, 3.63) is 59.2 Å². The van der Waals surface area contributed by atoms with Crippen LogP contribution in [0.4, 0.5) is 0 Å². The molecule has 2 heterocycles. The summed E-state index contributed by atoms with van der Waals surface area (Å²) in [7, 11) is 3.58. The Morgan fingerprint density at radius 1 is 1.33 bits per heavy atom. The van der Waals surface area contributed by atoms with Gasteiger partial charge in [0.15, 0.2) is 0 Å². The summed E-state index contributed by atoms with van der Waals surface area (Å²) in [5.74, 6) is 0.577. The molecule has 1 unspecified atom stereocenters. The zero-order chi connectivity index (χ0) is 19.0. The first-order valence-electron chi connectivity index (χ1n) is 9.09. The fourth-order valence-electron chi connectivity index (χ4n) is 3.87. The minimum absolute atomic E-state index is 0.00967. The van der Waals surface area contributed by atoms with Gasteiger partial charge in [-0.05, 0) is 38.3 Å². The van der Waals surface area contributed by atoms with E-state index in [4.69, 9.17) is 4.74 Å². The van der Waals surface area contributed by atoms with E-state index in [1.54, 1.807) is 24.2 Å². The van der Waals surface area contributed by atoms with Crippen molar-refractivity contribution in [2.75, 3.05) is 7.11 Å². The van der Waals surface area contributed by atoms with E-state index in [0.29, 0.717) is 11.3 Å². The monoisotopic (exact) mass is 365 g/mol. The summed E-state index contributed by atoms with van der Waals surface area (Å²) in [4.78, 5) is 12.8. The minimum Gasteiger partial charge on any atom is -0.494 e. The van der Waals surface area contributed by atoms with E-state index in [9.17, 15) is 4.79 Å². The van der Waals surface area contributed by atoms with Gasteiger partial charge >= 0.3 is 0 Å². The Morgan fingerprint density at radius 3 is 2.96 bits per heavy atom. The van der Waals surface area contributed by atoms with Gasteiger partial charge in [-0.2, -0.15) is 10.2 Å². The van der Waals surface area contributed by atoms with Crippen molar-refractivity contribution in [1.82, 2.24) is 24.9 Å². The van der Waals surface area contributed by atoms with Crippen molar-refractivity contribution >= 4 is 5.91 Å². The number of hydrogen-bond acceptors (Lipinski definition) is 4. The molecular weight excluding hydrogens is 342 g/mol. The number of ether oxygens (including phenoxy) is 1. The van der Waals surface area contributed by atoms with Crippen molar-refractivity contribution in [3.8, 4) is 11.4 Å². The van der Waals surface area contributed by atoms with Gasteiger partial charge in [0.25, 0.3) is 5.91 Å². The van der Waals surface area contributed by atoms with Gasteiger partial charge in [-0.25, -0.2) is 4.68 Å². The summed E-state index contributed by atoms with van der Waals surface area (Å²) in [6, 6.07) is 7.57. The number of para-hydroxylation sites is 2. The average molecular weight is 365 g/mol. The van der Waals surface area contributed by atoms with Gasteiger partial charge in [-0.15, -0.1) is 0 Å². The second-order valence-corrected chi connectivity index (χ2v) is 6.83. The third-order valence-corrected chi connectivity index (χ3v) is 5.13. The van der Waals surface area contributed by atoms with Gasteiger partial charge in [-0.1, -0.05) is 12.1 Å². The lowest BCUT2D eigenvalue weighted by molar-refractivity contribution is 0.0932. The number of fused-ring (bicyclic) bond motifs is 1. The maximum absolute atomic E-state index is 12.8. The topological polar surface area (TPSA) is 74.0 Å². The van der Waals surface area contributed by atoms with Crippen molar-refractivity contribution in [2.24, 2.45) is 7.05 Å². The third kappa shape index (κ3) is 3.09. The Morgan fingerprint density at radius 2 is 2.15 bits per heavy atom. The lowest BCUT2D eigenvalue weighted by atomic mass is 9.91. The molecule has 7 nitrogen and oxygen atoms in total. The molecule has 2 aromatic heterocycles. The highest BCUT2D eigenvalue weighted by Crippen LogP contribution is 2.32. The fourth-order valence-corrected chi connectivity index (χ4v) is 3.87. The molecule has 0 saturated heterocycles. The van der Waals surface area contributed by atoms with Crippen LogP contribution < -0.4 is 10.1 Å². The van der Waals surface area contributed by atoms with Crippen LogP contribution in [0.1, 0.15) is 46.2 Å². The molecule has 27 heavy (non-hydrogen) atoms. The number of hydrogen-bond donors (Lipinski definition) is 1. The molecule has 1 aliphatic rings. The van der Waals surface area contributed by atoms with E-state index < -0.39 is 0 Å². The highest BCUT2D eigenvalue weighted by Gasteiger charge is 2.28. The van der Waals surface area contributed by atoms with Gasteiger partial charge in [0.2, 0.25) is 0 Å². The minimum atomic E-state index is -0.128. The van der Waals surface area contributed by atoms with Gasteiger partial charge in [0.05, 0.1) is 30.6 Å². The predicted octanol–water partition coefficient (Wildman–Crippen LogP) is 2.73. The Labute approximate surface area is 157 Å². The lowest BCUT2D eigenvalue weighted by Gasteiger charge is -2.24.